The van der Waals surface area contributed by atoms with Crippen LogP contribution in [0.15, 0.2) is 48.8 Å². The fraction of sp³-hybridized carbons (Fsp3) is 0.250. The van der Waals surface area contributed by atoms with Gasteiger partial charge in [0.2, 0.25) is 5.91 Å². The van der Waals surface area contributed by atoms with E-state index >= 15 is 0 Å². The molecule has 0 fully saturated rings. The Hall–Kier alpha value is -2.36. The number of hydrogen-bond acceptors (Lipinski definition) is 2. The molecule has 0 atom stereocenters. The molecule has 0 radical (unpaired) electrons. The van der Waals surface area contributed by atoms with Crippen LogP contribution in [0.3, 0.4) is 0 Å². The van der Waals surface area contributed by atoms with Gasteiger partial charge in [-0.1, -0.05) is 30.3 Å². The molecule has 0 spiro atoms. The highest BCUT2D eigenvalue weighted by Crippen LogP contribution is 2.02. The molecule has 1 heterocycles. The third kappa shape index (κ3) is 3.82. The molecule has 2 rings (SSSR count). The van der Waals surface area contributed by atoms with Crippen molar-refractivity contribution in [1.29, 1.82) is 0 Å². The van der Waals surface area contributed by atoms with Crippen LogP contribution < -0.4 is 0 Å². The lowest BCUT2D eigenvalue weighted by molar-refractivity contribution is -0.130. The summed E-state index contributed by atoms with van der Waals surface area (Å²) in [6, 6.07) is 11.8. The van der Waals surface area contributed by atoms with Crippen LogP contribution in [0.2, 0.25) is 0 Å². The van der Waals surface area contributed by atoms with Crippen molar-refractivity contribution in [3.05, 3.63) is 59.9 Å². The molecule has 4 heteroatoms. The molecule has 0 aliphatic heterocycles. The minimum atomic E-state index is 0.0361. The summed E-state index contributed by atoms with van der Waals surface area (Å²) in [5.41, 5.74) is 1.81. The molecule has 1 aromatic heterocycles. The number of aldehydes is 1. The number of aromatic nitrogens is 1. The Morgan fingerprint density at radius 2 is 2.00 bits per heavy atom. The smallest absolute Gasteiger partial charge is 0.242 e. The second-order valence-electron chi connectivity index (χ2n) is 4.79. The Balaban J connectivity index is 1.84. The molecule has 0 saturated carbocycles. The highest BCUT2D eigenvalue weighted by atomic mass is 16.2. The van der Waals surface area contributed by atoms with Gasteiger partial charge in [-0.15, -0.1) is 0 Å². The van der Waals surface area contributed by atoms with Gasteiger partial charge in [-0.05, 0) is 18.1 Å². The molecule has 0 aliphatic rings. The predicted octanol–water partition coefficient (Wildman–Crippen LogP) is 2.00. The summed E-state index contributed by atoms with van der Waals surface area (Å²) in [4.78, 5) is 24.4. The van der Waals surface area contributed by atoms with Crippen molar-refractivity contribution in [3.63, 3.8) is 0 Å². The number of benzene rings is 1. The molecule has 0 unspecified atom stereocenters. The van der Waals surface area contributed by atoms with Crippen molar-refractivity contribution in [2.24, 2.45) is 0 Å². The lowest BCUT2D eigenvalue weighted by Crippen LogP contribution is -2.31. The Morgan fingerprint density at radius 3 is 2.65 bits per heavy atom. The van der Waals surface area contributed by atoms with Gasteiger partial charge in [-0.25, -0.2) is 0 Å². The number of carbonyl (C=O) groups is 2. The topological polar surface area (TPSA) is 42.3 Å². The Labute approximate surface area is 118 Å². The molecule has 1 amide bonds. The average molecular weight is 270 g/mol. The molecule has 4 nitrogen and oxygen atoms in total. The molecule has 0 aliphatic carbocycles. The van der Waals surface area contributed by atoms with E-state index in [1.807, 2.05) is 18.2 Å². The van der Waals surface area contributed by atoms with Crippen LogP contribution in [0.5, 0.6) is 0 Å². The minimum Gasteiger partial charge on any atom is -0.344 e. The van der Waals surface area contributed by atoms with Crippen LogP contribution in [-0.2, 0) is 17.8 Å². The SMILES string of the molecule is CN(CCc1ccccc1)C(=O)Cn1ccc(C=O)c1. The van der Waals surface area contributed by atoms with Gasteiger partial charge in [0.15, 0.2) is 6.29 Å². The summed E-state index contributed by atoms with van der Waals surface area (Å²) >= 11 is 0. The summed E-state index contributed by atoms with van der Waals surface area (Å²) in [6.07, 6.45) is 5.04. The molecule has 20 heavy (non-hydrogen) atoms. The Bertz CT molecular complexity index is 575. The van der Waals surface area contributed by atoms with Gasteiger partial charge in [-0.3, -0.25) is 9.59 Å². The van der Waals surface area contributed by atoms with Gasteiger partial charge < -0.3 is 9.47 Å². The predicted molar refractivity (Wildman–Crippen MR) is 77.6 cm³/mol. The fourth-order valence-corrected chi connectivity index (χ4v) is 1.97. The first-order valence-electron chi connectivity index (χ1n) is 6.58. The van der Waals surface area contributed by atoms with E-state index in [4.69, 9.17) is 0 Å². The summed E-state index contributed by atoms with van der Waals surface area (Å²) in [6.45, 7) is 0.948. The van der Waals surface area contributed by atoms with Crippen LogP contribution in [-0.4, -0.2) is 35.3 Å². The zero-order valence-electron chi connectivity index (χ0n) is 11.5. The monoisotopic (exact) mass is 270 g/mol. The van der Waals surface area contributed by atoms with Crippen molar-refractivity contribution >= 4 is 12.2 Å². The maximum atomic E-state index is 12.0. The third-order valence-corrected chi connectivity index (χ3v) is 3.23. The second kappa shape index (κ2) is 6.70. The van der Waals surface area contributed by atoms with Crippen molar-refractivity contribution in [1.82, 2.24) is 9.47 Å². The van der Waals surface area contributed by atoms with Crippen molar-refractivity contribution in [2.45, 2.75) is 13.0 Å². The normalized spacial score (nSPS) is 10.2. The van der Waals surface area contributed by atoms with Gasteiger partial charge in [0.05, 0.1) is 0 Å². The maximum Gasteiger partial charge on any atom is 0.242 e. The molecular formula is C16H18N2O2. The third-order valence-electron chi connectivity index (χ3n) is 3.23. The average Bonchev–Trinajstić information content (AvgIpc) is 2.93. The summed E-state index contributed by atoms with van der Waals surface area (Å²) in [5.74, 6) is 0.0361. The Morgan fingerprint density at radius 1 is 1.25 bits per heavy atom. The largest absolute Gasteiger partial charge is 0.344 e. The highest BCUT2D eigenvalue weighted by molar-refractivity contribution is 5.77. The standard InChI is InChI=1S/C16H18N2O2/c1-17(9-7-14-5-3-2-4-6-14)16(20)12-18-10-8-15(11-18)13-19/h2-6,8,10-11,13H,7,9,12H2,1H3. The van der Waals surface area contributed by atoms with E-state index in [0.29, 0.717) is 12.1 Å². The van der Waals surface area contributed by atoms with E-state index < -0.39 is 0 Å². The van der Waals surface area contributed by atoms with Gasteiger partial charge in [-0.2, -0.15) is 0 Å². The number of rotatable bonds is 6. The molecular weight excluding hydrogens is 252 g/mol. The first kappa shape index (κ1) is 14.1. The minimum absolute atomic E-state index is 0.0361. The summed E-state index contributed by atoms with van der Waals surface area (Å²) in [5, 5.41) is 0. The molecule has 2 aromatic rings. The van der Waals surface area contributed by atoms with Gasteiger partial charge >= 0.3 is 0 Å². The number of carbonyl (C=O) groups excluding carboxylic acids is 2. The molecule has 0 N–H and O–H groups in total. The number of likely N-dealkylation sites (N-methyl/N-ethyl adjacent to an activating group) is 1. The van der Waals surface area contributed by atoms with Crippen LogP contribution in [0, 0.1) is 0 Å². The van der Waals surface area contributed by atoms with Gasteiger partial charge in [0.25, 0.3) is 0 Å². The first-order valence-corrected chi connectivity index (χ1v) is 6.58. The van der Waals surface area contributed by atoms with Gasteiger partial charge in [0, 0.05) is 31.5 Å². The maximum absolute atomic E-state index is 12.0. The van der Waals surface area contributed by atoms with Crippen LogP contribution in [0.25, 0.3) is 0 Å². The zero-order valence-corrected chi connectivity index (χ0v) is 11.5. The zero-order chi connectivity index (χ0) is 14.4. The van der Waals surface area contributed by atoms with Crippen LogP contribution >= 0.6 is 0 Å². The fourth-order valence-electron chi connectivity index (χ4n) is 1.97. The van der Waals surface area contributed by atoms with Crippen molar-refractivity contribution in [2.75, 3.05) is 13.6 Å². The van der Waals surface area contributed by atoms with Crippen molar-refractivity contribution in [3.8, 4) is 0 Å². The van der Waals surface area contributed by atoms with E-state index in [0.717, 1.165) is 12.7 Å². The molecule has 0 saturated heterocycles. The quantitative estimate of drug-likeness (QED) is 0.753. The number of amides is 1. The van der Waals surface area contributed by atoms with Crippen molar-refractivity contribution < 1.29 is 9.59 Å². The lowest BCUT2D eigenvalue weighted by Gasteiger charge is -2.17. The van der Waals surface area contributed by atoms with Crippen LogP contribution in [0.1, 0.15) is 15.9 Å². The lowest BCUT2D eigenvalue weighted by atomic mass is 10.1. The number of hydrogen-bond donors (Lipinski definition) is 0. The summed E-state index contributed by atoms with van der Waals surface area (Å²) < 4.78 is 1.73. The molecule has 104 valence electrons. The second-order valence-corrected chi connectivity index (χ2v) is 4.79. The van der Waals surface area contributed by atoms with E-state index in [2.05, 4.69) is 12.1 Å². The van der Waals surface area contributed by atoms with E-state index in [-0.39, 0.29) is 12.5 Å². The number of nitrogens with zero attached hydrogens (tertiary/aromatic N) is 2. The summed E-state index contributed by atoms with van der Waals surface area (Å²) in [7, 11) is 1.80. The molecule has 0 bridgehead atoms. The first-order chi connectivity index (χ1) is 9.69. The van der Waals surface area contributed by atoms with Crippen LogP contribution in [0.4, 0.5) is 0 Å². The van der Waals surface area contributed by atoms with Gasteiger partial charge in [0.1, 0.15) is 6.54 Å². The Kier molecular flexibility index (Phi) is 4.71. The van der Waals surface area contributed by atoms with E-state index in [9.17, 15) is 9.59 Å². The highest BCUT2D eigenvalue weighted by Gasteiger charge is 2.09. The molecule has 1 aromatic carbocycles. The van der Waals surface area contributed by atoms with E-state index in [1.54, 1.807) is 35.0 Å². The van der Waals surface area contributed by atoms with E-state index in [1.165, 1.54) is 5.56 Å².